The number of hydrogen-bond donors (Lipinski definition) is 1. The second-order valence-electron chi connectivity index (χ2n) is 5.08. The smallest absolute Gasteiger partial charge is 0.108 e. The summed E-state index contributed by atoms with van der Waals surface area (Å²) in [6.45, 7) is 7.87. The molecule has 0 rings (SSSR count). The Labute approximate surface area is 110 Å². The summed E-state index contributed by atoms with van der Waals surface area (Å²) in [6, 6.07) is 1.66. The molecule has 4 unspecified atom stereocenters. The maximum absolute atomic E-state index is 11.0. The van der Waals surface area contributed by atoms with Crippen LogP contribution in [0.25, 0.3) is 0 Å². The van der Waals surface area contributed by atoms with Gasteiger partial charge in [-0.25, -0.2) is 0 Å². The molecule has 4 atom stereocenters. The maximum Gasteiger partial charge on any atom is 0.108 e. The first-order chi connectivity index (χ1) is 8.55. The Hall–Kier alpha value is -0.950. The topological polar surface area (TPSA) is 73.5 Å². The van der Waals surface area contributed by atoms with E-state index in [2.05, 4.69) is 25.1 Å². The van der Waals surface area contributed by atoms with E-state index in [-0.39, 0.29) is 5.92 Å². The third kappa shape index (κ3) is 4.73. The molecule has 0 aromatic carbocycles. The summed E-state index contributed by atoms with van der Waals surface area (Å²) in [5.41, 5.74) is 0. The Kier molecular flexibility index (Phi) is 8.57. The monoisotopic (exact) mass is 254 g/mol. The van der Waals surface area contributed by atoms with Crippen molar-refractivity contribution in [3.8, 4) is 6.07 Å². The molecule has 0 amide bonds. The average Bonchev–Trinajstić information content (AvgIpc) is 2.41. The molecule has 1 N–H and O–H groups in total. The van der Waals surface area contributed by atoms with E-state index in [1.165, 1.54) is 0 Å². The van der Waals surface area contributed by atoms with E-state index >= 15 is 0 Å². The second kappa shape index (κ2) is 9.04. The van der Waals surface area contributed by atoms with Gasteiger partial charge < -0.3 is 5.11 Å². The molecule has 0 heterocycles. The van der Waals surface area contributed by atoms with Crippen LogP contribution in [0, 0.1) is 34.0 Å². The van der Waals surface area contributed by atoms with Crippen LogP contribution < -0.4 is 0 Å². The van der Waals surface area contributed by atoms with Crippen LogP contribution in [0.3, 0.4) is 0 Å². The summed E-state index contributed by atoms with van der Waals surface area (Å²) in [6.07, 6.45) is 2.68. The average molecular weight is 254 g/mol. The molecule has 0 spiro atoms. The van der Waals surface area contributed by atoms with Gasteiger partial charge in [-0.15, -0.1) is 0 Å². The molecule has 0 saturated carbocycles. The van der Waals surface area contributed by atoms with Gasteiger partial charge in [-0.3, -0.25) is 0 Å². The third-order valence-electron chi connectivity index (χ3n) is 4.02. The highest BCUT2D eigenvalue weighted by atomic mass is 16.3. The van der Waals surface area contributed by atoms with Crippen LogP contribution in [0.4, 0.5) is 0 Å². The van der Waals surface area contributed by atoms with Crippen LogP contribution >= 0.6 is 0 Å². The van der Waals surface area contributed by atoms with E-state index in [1.807, 2.05) is 13.8 Å². The summed E-state index contributed by atoms with van der Waals surface area (Å²) in [5.74, 6) is -0.273. The first kappa shape index (κ1) is 17.1. The Morgan fingerprint density at radius 2 is 1.78 bits per heavy atom. The van der Waals surface area contributed by atoms with Gasteiger partial charge in [0, 0.05) is 5.92 Å². The number of nitriles is 1. The largest absolute Gasteiger partial charge is 0.393 e. The van der Waals surface area contributed by atoms with Crippen molar-refractivity contribution in [3.05, 3.63) is 4.91 Å². The summed E-state index contributed by atoms with van der Waals surface area (Å²) in [5, 5.41) is 22.2. The van der Waals surface area contributed by atoms with Gasteiger partial charge >= 0.3 is 0 Å². The molecule has 0 aromatic rings. The molecule has 0 aliphatic carbocycles. The molecule has 104 valence electrons. The molecule has 4 heteroatoms. The van der Waals surface area contributed by atoms with Crippen molar-refractivity contribution in [1.82, 2.24) is 0 Å². The first-order valence-electron chi connectivity index (χ1n) is 6.95. The van der Waals surface area contributed by atoms with Gasteiger partial charge in [0.05, 0.1) is 18.1 Å². The number of aliphatic hydroxyl groups is 1. The van der Waals surface area contributed by atoms with Gasteiger partial charge in [-0.2, -0.15) is 10.2 Å². The van der Waals surface area contributed by atoms with Crippen molar-refractivity contribution in [3.63, 3.8) is 0 Å². The van der Waals surface area contributed by atoms with Crippen molar-refractivity contribution in [2.45, 2.75) is 65.5 Å². The van der Waals surface area contributed by atoms with Gasteiger partial charge in [0.25, 0.3) is 0 Å². The highest BCUT2D eigenvalue weighted by Crippen LogP contribution is 2.28. The maximum atomic E-state index is 11.0. The molecule has 0 saturated heterocycles. The van der Waals surface area contributed by atoms with Crippen molar-refractivity contribution in [2.24, 2.45) is 22.9 Å². The number of rotatable bonds is 9. The Balaban J connectivity index is 4.78. The lowest BCUT2D eigenvalue weighted by Gasteiger charge is -2.27. The molecule has 4 nitrogen and oxygen atoms in total. The molecule has 0 fully saturated rings. The van der Waals surface area contributed by atoms with Crippen molar-refractivity contribution in [2.75, 3.05) is 0 Å². The molecule has 18 heavy (non-hydrogen) atoms. The van der Waals surface area contributed by atoms with Crippen LogP contribution in [0.5, 0.6) is 0 Å². The molecule has 0 radical (unpaired) electrons. The van der Waals surface area contributed by atoms with E-state index in [4.69, 9.17) is 0 Å². The van der Waals surface area contributed by atoms with Gasteiger partial charge in [0.15, 0.2) is 0 Å². The van der Waals surface area contributed by atoms with Gasteiger partial charge in [-0.1, -0.05) is 45.7 Å². The zero-order chi connectivity index (χ0) is 14.1. The number of nitroso groups, excluding NO2 is 1. The number of nitrogens with zero attached hydrogens (tertiary/aromatic N) is 2. The third-order valence-corrected chi connectivity index (χ3v) is 4.02. The summed E-state index contributed by atoms with van der Waals surface area (Å²) in [7, 11) is 0. The quantitative estimate of drug-likeness (QED) is 0.640. The Bertz CT molecular complexity index is 271. The van der Waals surface area contributed by atoms with Crippen molar-refractivity contribution < 1.29 is 5.11 Å². The number of hydrogen-bond acceptors (Lipinski definition) is 4. The first-order valence-corrected chi connectivity index (χ1v) is 6.95. The lowest BCUT2D eigenvalue weighted by molar-refractivity contribution is 0.0832. The summed E-state index contributed by atoms with van der Waals surface area (Å²) < 4.78 is 0. The normalized spacial score (nSPS) is 17.8. The lowest BCUT2D eigenvalue weighted by Crippen LogP contribution is -2.32. The predicted octanol–water partition coefficient (Wildman–Crippen LogP) is 3.49. The van der Waals surface area contributed by atoms with E-state index < -0.39 is 18.1 Å². The molecular weight excluding hydrogens is 228 g/mol. The van der Waals surface area contributed by atoms with E-state index in [1.54, 1.807) is 0 Å². The fourth-order valence-corrected chi connectivity index (χ4v) is 2.38. The van der Waals surface area contributed by atoms with E-state index in [0.29, 0.717) is 18.8 Å². The fourth-order valence-electron chi connectivity index (χ4n) is 2.38. The van der Waals surface area contributed by atoms with E-state index in [9.17, 15) is 15.3 Å². The zero-order valence-electron chi connectivity index (χ0n) is 12.0. The molecular formula is C14H26N2O2. The molecule has 0 aliphatic rings. The molecule has 0 aromatic heterocycles. The van der Waals surface area contributed by atoms with E-state index in [0.717, 1.165) is 12.8 Å². The minimum absolute atomic E-state index is 0.211. The van der Waals surface area contributed by atoms with Gasteiger partial charge in [-0.05, 0) is 18.8 Å². The SMILES string of the molecule is CCC(CC)CC(N=O)C(C#N)C(C)C(O)CC. The van der Waals surface area contributed by atoms with Crippen LogP contribution in [-0.2, 0) is 0 Å². The number of aliphatic hydroxyl groups excluding tert-OH is 1. The van der Waals surface area contributed by atoms with Gasteiger partial charge in [0.2, 0.25) is 0 Å². The van der Waals surface area contributed by atoms with Crippen molar-refractivity contribution >= 4 is 0 Å². The molecule has 0 aliphatic heterocycles. The molecule has 0 bridgehead atoms. The zero-order valence-corrected chi connectivity index (χ0v) is 12.0. The fraction of sp³-hybridized carbons (Fsp3) is 0.929. The van der Waals surface area contributed by atoms with Crippen LogP contribution in [0.15, 0.2) is 5.18 Å². The second-order valence-corrected chi connectivity index (χ2v) is 5.08. The van der Waals surface area contributed by atoms with Crippen LogP contribution in [0.1, 0.15) is 53.4 Å². The summed E-state index contributed by atoms with van der Waals surface area (Å²) >= 11 is 0. The van der Waals surface area contributed by atoms with Crippen LogP contribution in [0.2, 0.25) is 0 Å². The van der Waals surface area contributed by atoms with Crippen molar-refractivity contribution in [1.29, 1.82) is 5.26 Å². The Morgan fingerprint density at radius 3 is 2.11 bits per heavy atom. The minimum atomic E-state index is -0.541. The van der Waals surface area contributed by atoms with Crippen LogP contribution in [-0.4, -0.2) is 17.3 Å². The minimum Gasteiger partial charge on any atom is -0.393 e. The summed E-state index contributed by atoms with van der Waals surface area (Å²) in [4.78, 5) is 11.0. The highest BCUT2D eigenvalue weighted by Gasteiger charge is 2.32. The predicted molar refractivity (Wildman–Crippen MR) is 72.8 cm³/mol. The van der Waals surface area contributed by atoms with Gasteiger partial charge in [0.1, 0.15) is 6.04 Å². The Morgan fingerprint density at radius 1 is 1.22 bits per heavy atom. The highest BCUT2D eigenvalue weighted by molar-refractivity contribution is 4.97. The standard InChI is InChI=1S/C14H26N2O2/c1-5-11(6-2)8-13(16-18)12(9-15)10(4)14(17)7-3/h10-14,17H,5-8H2,1-4H3. The lowest BCUT2D eigenvalue weighted by atomic mass is 9.80.